The average Bonchev–Trinajstić information content (AvgIpc) is 3.37. The van der Waals surface area contributed by atoms with E-state index in [4.69, 9.17) is 0 Å². The summed E-state index contributed by atoms with van der Waals surface area (Å²) in [5, 5.41) is 10.6. The molecule has 2 aromatic heterocycles. The molecule has 33 heavy (non-hydrogen) atoms. The van der Waals surface area contributed by atoms with Crippen LogP contribution in [0.25, 0.3) is 11.4 Å². The summed E-state index contributed by atoms with van der Waals surface area (Å²) in [4.78, 5) is 25.4. The summed E-state index contributed by atoms with van der Waals surface area (Å²) < 4.78 is 54.9. The van der Waals surface area contributed by atoms with Gasteiger partial charge < -0.3 is 5.32 Å². The summed E-state index contributed by atoms with van der Waals surface area (Å²) in [6.45, 7) is 1.67. The number of rotatable bonds is 7. The van der Waals surface area contributed by atoms with Crippen molar-refractivity contribution >= 4 is 5.91 Å². The highest BCUT2D eigenvalue weighted by molar-refractivity contribution is 5.76. The van der Waals surface area contributed by atoms with Gasteiger partial charge in [0, 0.05) is 12.2 Å². The molecule has 1 aromatic carbocycles. The largest absolute Gasteiger partial charge is 0.408 e. The summed E-state index contributed by atoms with van der Waals surface area (Å²) in [7, 11) is 0. The van der Waals surface area contributed by atoms with Crippen molar-refractivity contribution in [2.45, 2.75) is 58.0 Å². The van der Waals surface area contributed by atoms with Crippen LogP contribution in [0.2, 0.25) is 0 Å². The molecule has 1 saturated carbocycles. The van der Waals surface area contributed by atoms with Gasteiger partial charge >= 0.3 is 11.9 Å². The van der Waals surface area contributed by atoms with Crippen molar-refractivity contribution in [2.75, 3.05) is 0 Å². The topological polar surface area (TPSA) is 86.7 Å². The fourth-order valence-corrected chi connectivity index (χ4v) is 3.52. The summed E-state index contributed by atoms with van der Waals surface area (Å²) in [5.74, 6) is -0.730. The summed E-state index contributed by atoms with van der Waals surface area (Å²) in [6.07, 6.45) is -0.583. The second-order valence-electron chi connectivity index (χ2n) is 8.20. The molecule has 1 amide bonds. The monoisotopic (exact) mass is 466 g/mol. The van der Waals surface area contributed by atoms with E-state index in [1.165, 1.54) is 23.0 Å². The van der Waals surface area contributed by atoms with Crippen molar-refractivity contribution < 1.29 is 22.4 Å². The molecule has 3 aromatic rings. The molecule has 12 heteroatoms. The maximum atomic E-state index is 13.8. The van der Waals surface area contributed by atoms with Gasteiger partial charge in [-0.15, -0.1) is 5.10 Å². The minimum absolute atomic E-state index is 0.121. The van der Waals surface area contributed by atoms with Crippen LogP contribution in [0.15, 0.2) is 35.4 Å². The smallest absolute Gasteiger partial charge is 0.348 e. The third-order valence-electron chi connectivity index (χ3n) is 5.38. The van der Waals surface area contributed by atoms with E-state index in [0.29, 0.717) is 11.1 Å². The molecule has 4 rings (SSSR count). The Morgan fingerprint density at radius 2 is 2.03 bits per heavy atom. The van der Waals surface area contributed by atoms with E-state index in [1.807, 2.05) is 0 Å². The lowest BCUT2D eigenvalue weighted by Crippen LogP contribution is -2.35. The molecule has 0 radical (unpaired) electrons. The standard InChI is InChI=1S/C21H22F4N6O2/c1-12-3-4-14(7-17(12)22)13(2)27-18(32)10-30-20(33)31(16-5-6-16)19(28-30)15-8-26-29(9-15)11-21(23,24)25/h3-4,7-9,13,16H,5-6,10-11H2,1-2H3,(H,27,32)/t13-/m0/s1. The van der Waals surface area contributed by atoms with Gasteiger partial charge in [0.1, 0.15) is 18.9 Å². The summed E-state index contributed by atoms with van der Waals surface area (Å²) in [5.41, 5.74) is 0.784. The minimum Gasteiger partial charge on any atom is -0.348 e. The van der Waals surface area contributed by atoms with E-state index in [-0.39, 0.29) is 29.8 Å². The fraction of sp³-hybridized carbons (Fsp3) is 0.429. The van der Waals surface area contributed by atoms with Crippen LogP contribution in [0, 0.1) is 12.7 Å². The Bertz CT molecular complexity index is 1240. The lowest BCUT2D eigenvalue weighted by atomic mass is 10.1. The Kier molecular flexibility index (Phi) is 5.85. The van der Waals surface area contributed by atoms with Crippen LogP contribution in [0.4, 0.5) is 17.6 Å². The van der Waals surface area contributed by atoms with Gasteiger partial charge in [-0.2, -0.15) is 18.3 Å². The number of alkyl halides is 3. The Labute approximate surface area is 185 Å². The second-order valence-corrected chi connectivity index (χ2v) is 8.20. The van der Waals surface area contributed by atoms with Gasteiger partial charge in [0.2, 0.25) is 5.91 Å². The molecule has 176 valence electrons. The SMILES string of the molecule is Cc1ccc([C@H](C)NC(=O)Cn2nc(-c3cnn(CC(F)(F)F)c3)n(C3CC3)c2=O)cc1F. The Hall–Kier alpha value is -3.44. The number of carbonyl (C=O) groups excluding carboxylic acids is 1. The Morgan fingerprint density at radius 1 is 1.30 bits per heavy atom. The molecule has 1 N–H and O–H groups in total. The van der Waals surface area contributed by atoms with Crippen LogP contribution in [-0.4, -0.2) is 36.2 Å². The number of aryl methyl sites for hydroxylation is 1. The third-order valence-corrected chi connectivity index (χ3v) is 5.38. The number of benzene rings is 1. The second kappa shape index (κ2) is 8.49. The highest BCUT2D eigenvalue weighted by Gasteiger charge is 2.32. The number of nitrogens with one attached hydrogen (secondary N) is 1. The molecule has 0 spiro atoms. The summed E-state index contributed by atoms with van der Waals surface area (Å²) in [6, 6.07) is 4.03. The van der Waals surface area contributed by atoms with E-state index in [9.17, 15) is 27.2 Å². The van der Waals surface area contributed by atoms with Crippen LogP contribution in [-0.2, 0) is 17.9 Å². The zero-order chi connectivity index (χ0) is 23.9. The van der Waals surface area contributed by atoms with Gasteiger partial charge in [-0.3, -0.25) is 14.0 Å². The Balaban J connectivity index is 1.53. The minimum atomic E-state index is -4.44. The number of nitrogens with zero attached hydrogens (tertiary/aromatic N) is 5. The summed E-state index contributed by atoms with van der Waals surface area (Å²) >= 11 is 0. The van der Waals surface area contributed by atoms with Gasteiger partial charge in [0.05, 0.1) is 17.8 Å². The number of halogens is 4. The lowest BCUT2D eigenvalue weighted by Gasteiger charge is -2.14. The van der Waals surface area contributed by atoms with Crippen LogP contribution in [0.3, 0.4) is 0 Å². The fourth-order valence-electron chi connectivity index (χ4n) is 3.52. The van der Waals surface area contributed by atoms with E-state index in [2.05, 4.69) is 15.5 Å². The first-order valence-electron chi connectivity index (χ1n) is 10.4. The molecule has 0 bridgehead atoms. The zero-order valence-electron chi connectivity index (χ0n) is 17.9. The van der Waals surface area contributed by atoms with Crippen LogP contribution in [0.1, 0.15) is 43.0 Å². The lowest BCUT2D eigenvalue weighted by molar-refractivity contribution is -0.142. The van der Waals surface area contributed by atoms with E-state index in [0.717, 1.165) is 22.2 Å². The van der Waals surface area contributed by atoms with Crippen LogP contribution in [0.5, 0.6) is 0 Å². The molecule has 2 heterocycles. The average molecular weight is 466 g/mol. The normalized spacial score (nSPS) is 15.0. The van der Waals surface area contributed by atoms with Crippen molar-refractivity contribution in [1.82, 2.24) is 29.4 Å². The number of amides is 1. The van der Waals surface area contributed by atoms with Gasteiger partial charge in [-0.25, -0.2) is 13.9 Å². The Morgan fingerprint density at radius 3 is 2.67 bits per heavy atom. The molecule has 0 aliphatic heterocycles. The molecule has 1 aliphatic carbocycles. The first-order chi connectivity index (χ1) is 15.5. The van der Waals surface area contributed by atoms with Gasteiger partial charge in [-0.1, -0.05) is 12.1 Å². The van der Waals surface area contributed by atoms with Crippen LogP contribution >= 0.6 is 0 Å². The number of aromatic nitrogens is 5. The molecular weight excluding hydrogens is 444 g/mol. The molecule has 1 atom stereocenters. The maximum Gasteiger partial charge on any atom is 0.408 e. The highest BCUT2D eigenvalue weighted by Crippen LogP contribution is 2.36. The van der Waals surface area contributed by atoms with Crippen molar-refractivity contribution in [3.05, 3.63) is 58.0 Å². The number of hydrogen-bond acceptors (Lipinski definition) is 4. The zero-order valence-corrected chi connectivity index (χ0v) is 17.9. The van der Waals surface area contributed by atoms with Gasteiger partial charge in [-0.05, 0) is 43.9 Å². The van der Waals surface area contributed by atoms with Gasteiger partial charge in [0.25, 0.3) is 0 Å². The van der Waals surface area contributed by atoms with E-state index in [1.54, 1.807) is 26.0 Å². The number of carbonyl (C=O) groups is 1. The van der Waals surface area contributed by atoms with Crippen molar-refractivity contribution in [3.8, 4) is 11.4 Å². The molecule has 0 saturated heterocycles. The van der Waals surface area contributed by atoms with E-state index < -0.39 is 30.4 Å². The molecule has 1 aliphatic rings. The molecule has 0 unspecified atom stereocenters. The molecule has 8 nitrogen and oxygen atoms in total. The van der Waals surface area contributed by atoms with Crippen molar-refractivity contribution in [1.29, 1.82) is 0 Å². The van der Waals surface area contributed by atoms with Crippen molar-refractivity contribution in [3.63, 3.8) is 0 Å². The first-order valence-corrected chi connectivity index (χ1v) is 10.4. The first kappa shape index (κ1) is 22.7. The predicted octanol–water partition coefficient (Wildman–Crippen LogP) is 3.13. The molecule has 1 fully saturated rings. The quantitative estimate of drug-likeness (QED) is 0.542. The van der Waals surface area contributed by atoms with Crippen molar-refractivity contribution in [2.24, 2.45) is 0 Å². The maximum absolute atomic E-state index is 13.8. The predicted molar refractivity (Wildman–Crippen MR) is 110 cm³/mol. The van der Waals surface area contributed by atoms with Gasteiger partial charge in [0.15, 0.2) is 5.82 Å². The van der Waals surface area contributed by atoms with Crippen LogP contribution < -0.4 is 11.0 Å². The third kappa shape index (κ3) is 5.15. The van der Waals surface area contributed by atoms with E-state index >= 15 is 0 Å². The molecular formula is C21H22F4N6O2. The highest BCUT2D eigenvalue weighted by atomic mass is 19.4. The number of hydrogen-bond donors (Lipinski definition) is 1.